The molecule has 1 unspecified atom stereocenters. The van der Waals surface area contributed by atoms with Crippen LogP contribution in [0.1, 0.15) is 72.4 Å². The smallest absolute Gasteiger partial charge is 0.175 e. The molecular weight excluding hydrogens is 454 g/mol. The highest BCUT2D eigenvalue weighted by molar-refractivity contribution is 7.99. The quantitative estimate of drug-likeness (QED) is 0.350. The number of benzene rings is 1. The number of nitrogens with zero attached hydrogens (tertiary/aromatic N) is 3. The van der Waals surface area contributed by atoms with E-state index in [0.717, 1.165) is 40.4 Å². The van der Waals surface area contributed by atoms with E-state index in [2.05, 4.69) is 21.3 Å². The molecule has 0 spiro atoms. The van der Waals surface area contributed by atoms with Crippen LogP contribution in [0.2, 0.25) is 0 Å². The van der Waals surface area contributed by atoms with Crippen molar-refractivity contribution >= 4 is 38.4 Å². The maximum absolute atomic E-state index is 13.3. The third-order valence-electron chi connectivity index (χ3n) is 7.19. The highest BCUT2D eigenvalue weighted by Gasteiger charge is 2.32. The summed E-state index contributed by atoms with van der Waals surface area (Å²) in [7, 11) is -2.98. The zero-order valence-corrected chi connectivity index (χ0v) is 20.9. The number of imidazole rings is 1. The van der Waals surface area contributed by atoms with Crippen molar-refractivity contribution < 1.29 is 13.2 Å². The van der Waals surface area contributed by atoms with Crippen LogP contribution in [0.4, 0.5) is 0 Å². The number of aryl methyl sites for hydroxylation is 1. The van der Waals surface area contributed by atoms with Gasteiger partial charge in [0.1, 0.15) is 0 Å². The number of para-hydroxylation sites is 2. The van der Waals surface area contributed by atoms with Crippen molar-refractivity contribution in [2.24, 2.45) is 0 Å². The van der Waals surface area contributed by atoms with Crippen LogP contribution in [0.5, 0.6) is 0 Å². The number of hydrogen-bond donors (Lipinski definition) is 0. The minimum absolute atomic E-state index is 0.0697. The molecule has 0 amide bonds. The predicted octanol–water partition coefficient (Wildman–Crippen LogP) is 5.29. The second-order valence-electron chi connectivity index (χ2n) is 9.47. The summed E-state index contributed by atoms with van der Waals surface area (Å²) in [5.41, 5.74) is 4.67. The number of hydrogen-bond acceptors (Lipinski definition) is 5. The van der Waals surface area contributed by atoms with Gasteiger partial charge >= 0.3 is 0 Å². The summed E-state index contributed by atoms with van der Waals surface area (Å²) in [4.78, 5) is 18.1. The van der Waals surface area contributed by atoms with Gasteiger partial charge in [0.25, 0.3) is 0 Å². The van der Waals surface area contributed by atoms with E-state index in [1.54, 1.807) is 0 Å². The Balaban J connectivity index is 1.38. The van der Waals surface area contributed by atoms with Crippen molar-refractivity contribution in [3.63, 3.8) is 0 Å². The molecule has 1 saturated heterocycles. The Bertz CT molecular complexity index is 1300. The number of ketones is 1. The number of carbonyl (C=O) groups is 1. The molecule has 6 nitrogen and oxygen atoms in total. The minimum atomic E-state index is -2.98. The molecule has 176 valence electrons. The van der Waals surface area contributed by atoms with E-state index in [1.165, 1.54) is 31.0 Å². The highest BCUT2D eigenvalue weighted by atomic mass is 32.2. The van der Waals surface area contributed by atoms with E-state index in [9.17, 15) is 13.2 Å². The lowest BCUT2D eigenvalue weighted by Gasteiger charge is -2.25. The molecule has 0 N–H and O–H groups in total. The van der Waals surface area contributed by atoms with Gasteiger partial charge in [0.15, 0.2) is 20.8 Å². The van der Waals surface area contributed by atoms with Crippen LogP contribution in [0, 0.1) is 13.8 Å². The molecule has 1 saturated carbocycles. The molecule has 1 atom stereocenters. The second kappa shape index (κ2) is 8.95. The Morgan fingerprint density at radius 1 is 1.06 bits per heavy atom. The zero-order chi connectivity index (χ0) is 23.2. The lowest BCUT2D eigenvalue weighted by molar-refractivity contribution is 0.102. The van der Waals surface area contributed by atoms with Gasteiger partial charge in [-0.1, -0.05) is 43.2 Å². The van der Waals surface area contributed by atoms with Gasteiger partial charge in [-0.2, -0.15) is 0 Å². The van der Waals surface area contributed by atoms with E-state index in [0.29, 0.717) is 23.8 Å². The lowest BCUT2D eigenvalue weighted by atomic mass is 9.95. The summed E-state index contributed by atoms with van der Waals surface area (Å²) >= 11 is 1.52. The van der Waals surface area contributed by atoms with Crippen molar-refractivity contribution in [1.82, 2.24) is 14.1 Å². The van der Waals surface area contributed by atoms with Crippen molar-refractivity contribution in [3.05, 3.63) is 47.3 Å². The molecule has 0 bridgehead atoms. The number of Topliss-reactive ketones (excluding diaryl/α,β-unsaturated/α-hetero) is 1. The van der Waals surface area contributed by atoms with Gasteiger partial charge in [-0.25, -0.2) is 13.4 Å². The van der Waals surface area contributed by atoms with E-state index in [4.69, 9.17) is 4.98 Å². The molecule has 1 aliphatic heterocycles. The second-order valence-corrected chi connectivity index (χ2v) is 12.6. The number of fused-ring (bicyclic) bond motifs is 1. The highest BCUT2D eigenvalue weighted by Crippen LogP contribution is 2.36. The Labute approximate surface area is 199 Å². The SMILES string of the molecule is Cc1cc(C(=O)CSc2nc3ccccc3n2C2CCCCC2)c(C)n1C1CCS(=O)(=O)C1. The topological polar surface area (TPSA) is 74.0 Å². The van der Waals surface area contributed by atoms with Gasteiger partial charge in [-0.3, -0.25) is 4.79 Å². The number of sulfone groups is 1. The summed E-state index contributed by atoms with van der Waals surface area (Å²) in [5, 5.41) is 0.923. The van der Waals surface area contributed by atoms with Crippen molar-refractivity contribution in [2.45, 2.75) is 69.6 Å². The largest absolute Gasteiger partial charge is 0.344 e. The molecule has 2 aliphatic rings. The van der Waals surface area contributed by atoms with E-state index in [-0.39, 0.29) is 23.3 Å². The Kier molecular flexibility index (Phi) is 6.16. The van der Waals surface area contributed by atoms with Gasteiger partial charge in [-0.15, -0.1) is 0 Å². The lowest BCUT2D eigenvalue weighted by Crippen LogP contribution is -2.15. The molecule has 33 heavy (non-hydrogen) atoms. The molecule has 3 aromatic rings. The maximum atomic E-state index is 13.3. The molecular formula is C25H31N3O3S2. The Morgan fingerprint density at radius 3 is 2.55 bits per heavy atom. The molecule has 0 radical (unpaired) electrons. The number of rotatable bonds is 6. The standard InChI is InChI=1S/C25H31N3O3S2/c1-17-14-21(18(2)27(17)20-12-13-33(30,31)16-20)24(29)15-32-25-26-22-10-6-7-11-23(22)28(25)19-8-4-3-5-9-19/h6-7,10-11,14,19-20H,3-5,8-9,12-13,15-16H2,1-2H3. The fourth-order valence-corrected chi connectivity index (χ4v) is 8.29. The van der Waals surface area contributed by atoms with Crippen LogP contribution < -0.4 is 0 Å². The first kappa shape index (κ1) is 22.7. The monoisotopic (exact) mass is 485 g/mol. The average Bonchev–Trinajstić information content (AvgIpc) is 3.44. The van der Waals surface area contributed by atoms with Gasteiger partial charge in [0.2, 0.25) is 0 Å². The molecule has 2 fully saturated rings. The van der Waals surface area contributed by atoms with Crippen molar-refractivity contribution in [2.75, 3.05) is 17.3 Å². The molecule has 1 aliphatic carbocycles. The molecule has 1 aromatic carbocycles. The van der Waals surface area contributed by atoms with Gasteiger partial charge in [-0.05, 0) is 51.3 Å². The maximum Gasteiger partial charge on any atom is 0.175 e. The fraction of sp³-hybridized carbons (Fsp3) is 0.520. The third-order valence-corrected chi connectivity index (χ3v) is 9.90. The first-order valence-corrected chi connectivity index (χ1v) is 14.7. The molecule has 3 heterocycles. The zero-order valence-electron chi connectivity index (χ0n) is 19.3. The van der Waals surface area contributed by atoms with Crippen LogP contribution in [0.3, 0.4) is 0 Å². The Hall–Kier alpha value is -2.06. The molecule has 5 rings (SSSR count). The van der Waals surface area contributed by atoms with E-state index >= 15 is 0 Å². The van der Waals surface area contributed by atoms with Crippen molar-refractivity contribution in [3.8, 4) is 0 Å². The van der Waals surface area contributed by atoms with Gasteiger partial charge in [0, 0.05) is 29.0 Å². The van der Waals surface area contributed by atoms with Crippen LogP contribution in [-0.4, -0.2) is 45.6 Å². The molecule has 2 aromatic heterocycles. The van der Waals surface area contributed by atoms with Crippen LogP contribution in [0.25, 0.3) is 11.0 Å². The van der Waals surface area contributed by atoms with Gasteiger partial charge < -0.3 is 9.13 Å². The summed E-state index contributed by atoms with van der Waals surface area (Å²) in [6, 6.07) is 10.5. The van der Waals surface area contributed by atoms with Crippen LogP contribution in [0.15, 0.2) is 35.5 Å². The summed E-state index contributed by atoms with van der Waals surface area (Å²) in [5.74, 6) is 0.786. The molecule has 8 heteroatoms. The normalized spacial score (nSPS) is 21.1. The van der Waals surface area contributed by atoms with E-state index < -0.39 is 9.84 Å². The van der Waals surface area contributed by atoms with E-state index in [1.807, 2.05) is 32.0 Å². The number of thioether (sulfide) groups is 1. The Morgan fingerprint density at radius 2 is 1.82 bits per heavy atom. The summed E-state index contributed by atoms with van der Waals surface area (Å²) in [6.07, 6.45) is 6.71. The summed E-state index contributed by atoms with van der Waals surface area (Å²) < 4.78 is 28.4. The average molecular weight is 486 g/mol. The number of aromatic nitrogens is 3. The summed E-state index contributed by atoms with van der Waals surface area (Å²) in [6.45, 7) is 3.90. The van der Waals surface area contributed by atoms with Gasteiger partial charge in [0.05, 0.1) is 28.3 Å². The minimum Gasteiger partial charge on any atom is -0.344 e. The first-order chi connectivity index (χ1) is 15.8. The van der Waals surface area contributed by atoms with Crippen LogP contribution >= 0.6 is 11.8 Å². The number of carbonyl (C=O) groups excluding carboxylic acids is 1. The van der Waals surface area contributed by atoms with Crippen molar-refractivity contribution in [1.29, 1.82) is 0 Å². The predicted molar refractivity (Wildman–Crippen MR) is 133 cm³/mol. The fourth-order valence-electron chi connectivity index (χ4n) is 5.62. The third kappa shape index (κ3) is 4.39. The first-order valence-electron chi connectivity index (χ1n) is 11.9. The van der Waals surface area contributed by atoms with Crippen LogP contribution in [-0.2, 0) is 9.84 Å².